The van der Waals surface area contributed by atoms with Crippen molar-refractivity contribution in [1.82, 2.24) is 0 Å². The first-order chi connectivity index (χ1) is 7.14. The molecule has 0 unspecified atom stereocenters. The Morgan fingerprint density at radius 1 is 1.27 bits per heavy atom. The van der Waals surface area contributed by atoms with Crippen molar-refractivity contribution in [2.45, 2.75) is 26.7 Å². The third-order valence-corrected chi connectivity index (χ3v) is 2.51. The minimum absolute atomic E-state index is 0.103. The Bertz CT molecular complexity index is 355. The van der Waals surface area contributed by atoms with Crippen LogP contribution in [0.2, 0.25) is 0 Å². The van der Waals surface area contributed by atoms with Crippen molar-refractivity contribution in [3.8, 4) is 6.07 Å². The second-order valence-electron chi connectivity index (χ2n) is 4.44. The van der Waals surface area contributed by atoms with E-state index in [2.05, 4.69) is 38.1 Å². The highest BCUT2D eigenvalue weighted by Crippen LogP contribution is 2.24. The van der Waals surface area contributed by atoms with Crippen LogP contribution in [-0.4, -0.2) is 0 Å². The van der Waals surface area contributed by atoms with E-state index in [9.17, 15) is 0 Å². The van der Waals surface area contributed by atoms with Gasteiger partial charge in [-0.25, -0.2) is 0 Å². The summed E-state index contributed by atoms with van der Waals surface area (Å²) in [6.45, 7) is 4.31. The summed E-state index contributed by atoms with van der Waals surface area (Å²) in [6.07, 6.45) is 5.68. The highest BCUT2D eigenvalue weighted by Gasteiger charge is 2.13. The van der Waals surface area contributed by atoms with Crippen molar-refractivity contribution in [2.24, 2.45) is 5.41 Å². The van der Waals surface area contributed by atoms with Gasteiger partial charge in [0, 0.05) is 6.08 Å². The van der Waals surface area contributed by atoms with Crippen LogP contribution in [0.5, 0.6) is 0 Å². The predicted molar refractivity (Wildman–Crippen MR) is 63.3 cm³/mol. The van der Waals surface area contributed by atoms with E-state index >= 15 is 0 Å². The zero-order valence-corrected chi connectivity index (χ0v) is 9.40. The molecule has 1 heteroatoms. The van der Waals surface area contributed by atoms with Gasteiger partial charge in [-0.3, -0.25) is 0 Å². The summed E-state index contributed by atoms with van der Waals surface area (Å²) in [5.41, 5.74) is 1.46. The van der Waals surface area contributed by atoms with Crippen LogP contribution in [0, 0.1) is 16.7 Å². The molecule has 0 saturated carbocycles. The molecule has 0 heterocycles. The summed E-state index contributed by atoms with van der Waals surface area (Å²) in [7, 11) is 0. The van der Waals surface area contributed by atoms with Gasteiger partial charge in [0.25, 0.3) is 0 Å². The molecule has 0 radical (unpaired) electrons. The van der Waals surface area contributed by atoms with Crippen LogP contribution in [0.1, 0.15) is 25.8 Å². The fourth-order valence-corrected chi connectivity index (χ4v) is 1.46. The average Bonchev–Trinajstić information content (AvgIpc) is 2.25. The number of allylic oxidation sites excluding steroid dienone is 2. The monoisotopic (exact) mass is 199 g/mol. The third kappa shape index (κ3) is 4.46. The molecule has 0 spiro atoms. The maximum Gasteiger partial charge on any atom is 0.0908 e. The summed E-state index contributed by atoms with van der Waals surface area (Å²) >= 11 is 0. The maximum atomic E-state index is 8.48. The number of aryl methyl sites for hydroxylation is 1. The average molecular weight is 199 g/mol. The van der Waals surface area contributed by atoms with Gasteiger partial charge in [-0.05, 0) is 23.8 Å². The molecule has 0 saturated heterocycles. The lowest BCUT2D eigenvalue weighted by Crippen LogP contribution is -2.08. The smallest absolute Gasteiger partial charge is 0.0908 e. The van der Waals surface area contributed by atoms with Crippen molar-refractivity contribution >= 4 is 0 Å². The maximum absolute atomic E-state index is 8.48. The summed E-state index contributed by atoms with van der Waals surface area (Å²) in [6, 6.07) is 12.5. The van der Waals surface area contributed by atoms with E-state index in [0.717, 1.165) is 12.8 Å². The number of hydrogen-bond acceptors (Lipinski definition) is 1. The molecule has 0 amide bonds. The Labute approximate surface area is 92.1 Å². The zero-order chi connectivity index (χ0) is 11.1. The van der Waals surface area contributed by atoms with Crippen molar-refractivity contribution in [3.05, 3.63) is 48.0 Å². The van der Waals surface area contributed by atoms with Crippen LogP contribution in [0.15, 0.2) is 42.5 Å². The minimum Gasteiger partial charge on any atom is -0.193 e. The van der Waals surface area contributed by atoms with Gasteiger partial charge in [0.15, 0.2) is 0 Å². The summed E-state index contributed by atoms with van der Waals surface area (Å²) in [5.74, 6) is 0. The van der Waals surface area contributed by atoms with Crippen molar-refractivity contribution in [2.75, 3.05) is 0 Å². The molecule has 0 aliphatic heterocycles. The van der Waals surface area contributed by atoms with Gasteiger partial charge in [-0.15, -0.1) is 0 Å². The van der Waals surface area contributed by atoms with Crippen LogP contribution < -0.4 is 0 Å². The highest BCUT2D eigenvalue weighted by molar-refractivity contribution is 5.16. The molecule has 1 rings (SSSR count). The lowest BCUT2D eigenvalue weighted by Gasteiger charge is -2.19. The lowest BCUT2D eigenvalue weighted by atomic mass is 9.86. The Balaban J connectivity index is 2.50. The molecule has 0 bridgehead atoms. The van der Waals surface area contributed by atoms with Crippen molar-refractivity contribution < 1.29 is 0 Å². The van der Waals surface area contributed by atoms with Gasteiger partial charge >= 0.3 is 0 Å². The van der Waals surface area contributed by atoms with E-state index in [1.54, 1.807) is 6.08 Å². The lowest BCUT2D eigenvalue weighted by molar-refractivity contribution is 0.438. The van der Waals surface area contributed by atoms with E-state index in [4.69, 9.17) is 5.26 Å². The number of nitriles is 1. The molecule has 1 aromatic rings. The molecule has 1 nitrogen and oxygen atoms in total. The van der Waals surface area contributed by atoms with Crippen LogP contribution >= 0.6 is 0 Å². The molecule has 0 fully saturated rings. The van der Waals surface area contributed by atoms with Crippen LogP contribution in [0.4, 0.5) is 0 Å². The van der Waals surface area contributed by atoms with Crippen LogP contribution in [0.3, 0.4) is 0 Å². The largest absolute Gasteiger partial charge is 0.193 e. The van der Waals surface area contributed by atoms with E-state index in [1.807, 2.05) is 18.2 Å². The number of nitrogens with zero attached hydrogens (tertiary/aromatic N) is 1. The number of hydrogen-bond donors (Lipinski definition) is 0. The molecule has 15 heavy (non-hydrogen) atoms. The Hall–Kier alpha value is -1.55. The fraction of sp³-hybridized carbons (Fsp3) is 0.357. The van der Waals surface area contributed by atoms with E-state index in [-0.39, 0.29) is 5.41 Å². The first-order valence-corrected chi connectivity index (χ1v) is 5.25. The first kappa shape index (κ1) is 11.5. The van der Waals surface area contributed by atoms with Crippen LogP contribution in [0.25, 0.3) is 0 Å². The molecule has 78 valence electrons. The normalized spacial score (nSPS) is 11.5. The minimum atomic E-state index is 0.103. The zero-order valence-electron chi connectivity index (χ0n) is 9.40. The Morgan fingerprint density at radius 2 is 1.93 bits per heavy atom. The molecular weight excluding hydrogens is 182 g/mol. The van der Waals surface area contributed by atoms with Crippen molar-refractivity contribution in [3.63, 3.8) is 0 Å². The molecular formula is C14H17N. The third-order valence-electron chi connectivity index (χ3n) is 2.51. The standard InChI is InChI=1S/C14H17N/c1-14(2,10-6-12-15)11-9-13-7-4-3-5-8-13/h3-8,10H,9,11H2,1-2H3. The SMILES string of the molecule is CC(C)(C=CC#N)CCc1ccccc1. The van der Waals surface area contributed by atoms with Crippen molar-refractivity contribution in [1.29, 1.82) is 5.26 Å². The van der Waals surface area contributed by atoms with Gasteiger partial charge in [0.05, 0.1) is 6.07 Å². The molecule has 0 aromatic heterocycles. The molecule has 1 aromatic carbocycles. The molecule has 0 aliphatic carbocycles. The number of benzene rings is 1. The Morgan fingerprint density at radius 3 is 2.53 bits per heavy atom. The second kappa shape index (κ2) is 5.36. The van der Waals surface area contributed by atoms with E-state index < -0.39 is 0 Å². The van der Waals surface area contributed by atoms with Gasteiger partial charge in [0.2, 0.25) is 0 Å². The summed E-state index contributed by atoms with van der Waals surface area (Å²) in [5, 5.41) is 8.48. The van der Waals surface area contributed by atoms with Gasteiger partial charge in [0.1, 0.15) is 0 Å². The number of rotatable bonds is 4. The molecule has 0 atom stereocenters. The first-order valence-electron chi connectivity index (χ1n) is 5.25. The predicted octanol–water partition coefficient (Wildman–Crippen LogP) is 3.73. The topological polar surface area (TPSA) is 23.8 Å². The van der Waals surface area contributed by atoms with Gasteiger partial charge in [-0.1, -0.05) is 50.3 Å². The second-order valence-corrected chi connectivity index (χ2v) is 4.44. The highest BCUT2D eigenvalue weighted by atomic mass is 14.2. The molecule has 0 N–H and O–H groups in total. The summed E-state index contributed by atoms with van der Waals surface area (Å²) < 4.78 is 0. The molecule has 0 aliphatic rings. The van der Waals surface area contributed by atoms with E-state index in [1.165, 1.54) is 5.56 Å². The summed E-state index contributed by atoms with van der Waals surface area (Å²) in [4.78, 5) is 0. The Kier molecular flexibility index (Phi) is 4.12. The van der Waals surface area contributed by atoms with Gasteiger partial charge in [-0.2, -0.15) is 5.26 Å². The van der Waals surface area contributed by atoms with Crippen LogP contribution in [-0.2, 0) is 6.42 Å². The van der Waals surface area contributed by atoms with E-state index in [0.29, 0.717) is 0 Å². The quantitative estimate of drug-likeness (QED) is 0.678. The van der Waals surface area contributed by atoms with Gasteiger partial charge < -0.3 is 0 Å². The fourth-order valence-electron chi connectivity index (χ4n) is 1.46.